The molecule has 0 bridgehead atoms. The molecule has 0 aliphatic carbocycles. The molecule has 2 heterocycles. The van der Waals surface area contributed by atoms with Gasteiger partial charge in [0.1, 0.15) is 11.6 Å². The minimum Gasteiger partial charge on any atom is -0.495 e. The topological polar surface area (TPSA) is 43.3 Å². The number of para-hydroxylation sites is 2. The van der Waals surface area contributed by atoms with Crippen LogP contribution in [0.3, 0.4) is 0 Å². The van der Waals surface area contributed by atoms with Gasteiger partial charge in [-0.05, 0) is 48.7 Å². The Balaban J connectivity index is 1.26. The normalized spacial score (nSPS) is 19.6. The molecule has 0 spiro atoms. The van der Waals surface area contributed by atoms with Gasteiger partial charge in [0.05, 0.1) is 12.8 Å². The lowest BCUT2D eigenvalue weighted by atomic mass is 10.1. The Morgan fingerprint density at radius 2 is 1.77 bits per heavy atom. The molecule has 6 nitrogen and oxygen atoms in total. The summed E-state index contributed by atoms with van der Waals surface area (Å²) in [6.07, 6.45) is 1.15. The van der Waals surface area contributed by atoms with Crippen LogP contribution in [0.2, 0.25) is 0 Å². The van der Waals surface area contributed by atoms with E-state index < -0.39 is 0 Å². The molecule has 0 amide bonds. The van der Waals surface area contributed by atoms with Crippen LogP contribution in [0.25, 0.3) is 0 Å². The number of rotatable bonds is 5. The Morgan fingerprint density at radius 3 is 2.48 bits per heavy atom. The van der Waals surface area contributed by atoms with E-state index in [4.69, 9.17) is 4.74 Å². The molecule has 0 saturated carbocycles. The third kappa shape index (κ3) is 5.03. The number of guanidine groups is 1. The number of hydrogen-bond acceptors (Lipinski definition) is 4. The molecule has 7 heteroatoms. The number of benzene rings is 2. The number of nitrogens with one attached hydrogen (secondary N) is 1. The van der Waals surface area contributed by atoms with Crippen molar-refractivity contribution in [2.75, 3.05) is 69.8 Å². The summed E-state index contributed by atoms with van der Waals surface area (Å²) in [6, 6.07) is 15.0. The zero-order valence-corrected chi connectivity index (χ0v) is 18.4. The van der Waals surface area contributed by atoms with Gasteiger partial charge in [-0.1, -0.05) is 12.1 Å². The molecule has 0 radical (unpaired) electrons. The minimum absolute atomic E-state index is 0.192. The van der Waals surface area contributed by atoms with E-state index in [9.17, 15) is 4.39 Å². The Hall–Kier alpha value is -2.96. The summed E-state index contributed by atoms with van der Waals surface area (Å²) in [5.41, 5.74) is 2.25. The molecule has 1 unspecified atom stereocenters. The van der Waals surface area contributed by atoms with E-state index in [1.165, 1.54) is 17.8 Å². The van der Waals surface area contributed by atoms with E-state index in [0.717, 1.165) is 69.6 Å². The number of methoxy groups -OCH3 is 1. The van der Waals surface area contributed by atoms with E-state index in [0.29, 0.717) is 5.92 Å². The Bertz CT molecular complexity index is 880. The fraction of sp³-hybridized carbons (Fsp3) is 0.458. The van der Waals surface area contributed by atoms with Gasteiger partial charge in [-0.25, -0.2) is 4.39 Å². The third-order valence-corrected chi connectivity index (χ3v) is 6.24. The maximum absolute atomic E-state index is 13.2. The average molecular weight is 426 g/mol. The van der Waals surface area contributed by atoms with Gasteiger partial charge in [0, 0.05) is 58.5 Å². The summed E-state index contributed by atoms with van der Waals surface area (Å²) in [4.78, 5) is 11.5. The van der Waals surface area contributed by atoms with Gasteiger partial charge in [-0.2, -0.15) is 0 Å². The van der Waals surface area contributed by atoms with Crippen LogP contribution in [0.15, 0.2) is 53.5 Å². The van der Waals surface area contributed by atoms with E-state index in [-0.39, 0.29) is 5.82 Å². The number of anilines is 2. The van der Waals surface area contributed by atoms with Crippen LogP contribution in [-0.2, 0) is 0 Å². The van der Waals surface area contributed by atoms with Crippen LogP contribution >= 0.6 is 0 Å². The van der Waals surface area contributed by atoms with Gasteiger partial charge >= 0.3 is 0 Å². The fourth-order valence-electron chi connectivity index (χ4n) is 4.51. The van der Waals surface area contributed by atoms with E-state index >= 15 is 0 Å². The second kappa shape index (κ2) is 9.90. The molecule has 2 saturated heterocycles. The molecule has 2 fully saturated rings. The summed E-state index contributed by atoms with van der Waals surface area (Å²) >= 11 is 0. The first-order valence-corrected chi connectivity index (χ1v) is 11.0. The first kappa shape index (κ1) is 21.3. The van der Waals surface area contributed by atoms with Crippen LogP contribution < -0.4 is 19.9 Å². The number of ether oxygens (including phenoxy) is 1. The number of piperazine rings is 1. The van der Waals surface area contributed by atoms with Crippen molar-refractivity contribution in [3.05, 3.63) is 54.3 Å². The van der Waals surface area contributed by atoms with Gasteiger partial charge in [0.15, 0.2) is 5.96 Å². The summed E-state index contributed by atoms with van der Waals surface area (Å²) in [7, 11) is 3.58. The van der Waals surface area contributed by atoms with Crippen molar-refractivity contribution in [2.24, 2.45) is 10.9 Å². The van der Waals surface area contributed by atoms with E-state index in [1.54, 1.807) is 7.11 Å². The van der Waals surface area contributed by atoms with Gasteiger partial charge in [0.2, 0.25) is 0 Å². The highest BCUT2D eigenvalue weighted by Crippen LogP contribution is 2.31. The summed E-state index contributed by atoms with van der Waals surface area (Å²) in [5, 5.41) is 3.59. The lowest BCUT2D eigenvalue weighted by Gasteiger charge is -2.38. The van der Waals surface area contributed by atoms with Crippen LogP contribution in [0.5, 0.6) is 5.75 Å². The van der Waals surface area contributed by atoms with Crippen molar-refractivity contribution < 1.29 is 9.13 Å². The lowest BCUT2D eigenvalue weighted by Crippen LogP contribution is -2.53. The van der Waals surface area contributed by atoms with Gasteiger partial charge in [-0.3, -0.25) is 4.99 Å². The van der Waals surface area contributed by atoms with Gasteiger partial charge < -0.3 is 24.8 Å². The zero-order valence-electron chi connectivity index (χ0n) is 18.4. The Labute approximate surface area is 184 Å². The molecule has 2 aliphatic heterocycles. The first-order chi connectivity index (χ1) is 15.2. The maximum atomic E-state index is 13.2. The highest BCUT2D eigenvalue weighted by molar-refractivity contribution is 5.80. The molecular weight excluding hydrogens is 393 g/mol. The minimum atomic E-state index is -0.192. The largest absolute Gasteiger partial charge is 0.495 e. The number of aliphatic imine (C=N–C) groups is 1. The summed E-state index contributed by atoms with van der Waals surface area (Å²) < 4.78 is 18.7. The molecule has 31 heavy (non-hydrogen) atoms. The number of hydrogen-bond donors (Lipinski definition) is 1. The van der Waals surface area contributed by atoms with Crippen LogP contribution in [0.4, 0.5) is 15.8 Å². The highest BCUT2D eigenvalue weighted by Gasteiger charge is 2.26. The number of nitrogens with zero attached hydrogens (tertiary/aromatic N) is 4. The van der Waals surface area contributed by atoms with Crippen molar-refractivity contribution in [2.45, 2.75) is 6.42 Å². The van der Waals surface area contributed by atoms with E-state index in [2.05, 4.69) is 37.1 Å². The summed E-state index contributed by atoms with van der Waals surface area (Å²) in [5.74, 6) is 2.28. The number of halogens is 1. The highest BCUT2D eigenvalue weighted by atomic mass is 19.1. The van der Waals surface area contributed by atoms with Crippen LogP contribution in [0, 0.1) is 11.7 Å². The van der Waals surface area contributed by atoms with Gasteiger partial charge in [-0.15, -0.1) is 0 Å². The third-order valence-electron chi connectivity index (χ3n) is 6.24. The Kier molecular flexibility index (Phi) is 6.79. The smallest absolute Gasteiger partial charge is 0.193 e. The molecular formula is C24H32FN5O. The second-order valence-electron chi connectivity index (χ2n) is 8.15. The SMILES string of the molecule is CN=C(NCC1CCN(c2ccccc2OC)C1)N1CCN(c2ccc(F)cc2)CC1. The molecule has 1 atom stereocenters. The van der Waals surface area contributed by atoms with Gasteiger partial charge in [0.25, 0.3) is 0 Å². The second-order valence-corrected chi connectivity index (χ2v) is 8.15. The van der Waals surface area contributed by atoms with Crippen LogP contribution in [0.1, 0.15) is 6.42 Å². The van der Waals surface area contributed by atoms with Crippen LogP contribution in [-0.4, -0.2) is 70.8 Å². The van der Waals surface area contributed by atoms with Crippen molar-refractivity contribution >= 4 is 17.3 Å². The van der Waals surface area contributed by atoms with Crippen molar-refractivity contribution in [3.8, 4) is 5.75 Å². The molecule has 2 aromatic carbocycles. The molecule has 1 N–H and O–H groups in total. The standard InChI is InChI=1S/C24H32FN5O/c1-26-24(29-15-13-28(14-16-29)21-9-7-20(25)8-10-21)27-17-19-11-12-30(18-19)22-5-3-4-6-23(22)31-2/h3-10,19H,11-18H2,1-2H3,(H,26,27). The first-order valence-electron chi connectivity index (χ1n) is 11.0. The molecule has 2 aromatic rings. The van der Waals surface area contributed by atoms with Crippen molar-refractivity contribution in [3.63, 3.8) is 0 Å². The fourth-order valence-corrected chi connectivity index (χ4v) is 4.51. The lowest BCUT2D eigenvalue weighted by molar-refractivity contribution is 0.369. The molecule has 0 aromatic heterocycles. The molecule has 2 aliphatic rings. The summed E-state index contributed by atoms with van der Waals surface area (Å²) in [6.45, 7) is 6.57. The van der Waals surface area contributed by atoms with Crippen molar-refractivity contribution in [1.29, 1.82) is 0 Å². The predicted molar refractivity (Wildman–Crippen MR) is 125 cm³/mol. The predicted octanol–water partition coefficient (Wildman–Crippen LogP) is 3.06. The van der Waals surface area contributed by atoms with Crippen molar-refractivity contribution in [1.82, 2.24) is 10.2 Å². The monoisotopic (exact) mass is 425 g/mol. The zero-order chi connectivity index (χ0) is 21.6. The molecule has 166 valence electrons. The maximum Gasteiger partial charge on any atom is 0.193 e. The Morgan fingerprint density at radius 1 is 1.03 bits per heavy atom. The van der Waals surface area contributed by atoms with E-state index in [1.807, 2.05) is 31.3 Å². The average Bonchev–Trinajstić information content (AvgIpc) is 3.29. The quantitative estimate of drug-likeness (QED) is 0.589. The molecule has 4 rings (SSSR count).